The van der Waals surface area contributed by atoms with Crippen molar-refractivity contribution in [2.45, 2.75) is 45.4 Å². The Kier molecular flexibility index (Phi) is 5.49. The molecule has 0 atom stereocenters. The van der Waals surface area contributed by atoms with Gasteiger partial charge in [-0.25, -0.2) is 4.98 Å². The van der Waals surface area contributed by atoms with E-state index < -0.39 is 0 Å². The van der Waals surface area contributed by atoms with Crippen molar-refractivity contribution in [3.63, 3.8) is 0 Å². The summed E-state index contributed by atoms with van der Waals surface area (Å²) in [6.07, 6.45) is 8.76. The third kappa shape index (κ3) is 4.41. The molecule has 0 aliphatic heterocycles. The molecule has 2 rings (SSSR count). The molecule has 5 heteroatoms. The minimum Gasteiger partial charge on any atom is -0.366 e. The number of anilines is 1. The van der Waals surface area contributed by atoms with E-state index in [2.05, 4.69) is 17.0 Å². The third-order valence-electron chi connectivity index (χ3n) is 3.49. The second-order valence-corrected chi connectivity index (χ2v) is 5.21. The molecule has 2 N–H and O–H groups in total. The lowest BCUT2D eigenvalue weighted by Gasteiger charge is -2.04. The summed E-state index contributed by atoms with van der Waals surface area (Å²) < 4.78 is 1.16. The molecule has 0 aliphatic rings. The molecule has 0 radical (unpaired) electrons. The molecule has 1 aromatic carbocycles. The van der Waals surface area contributed by atoms with Gasteiger partial charge in [0.05, 0.1) is 0 Å². The normalized spacial score (nSPS) is 10.7. The Hall–Kier alpha value is -2.17. The average molecular weight is 286 g/mol. The number of nitrogens with two attached hydrogens (primary N) is 1. The molecule has 0 saturated heterocycles. The van der Waals surface area contributed by atoms with Crippen molar-refractivity contribution < 1.29 is 4.79 Å². The lowest BCUT2D eigenvalue weighted by Crippen LogP contribution is -2.12. The van der Waals surface area contributed by atoms with Crippen molar-refractivity contribution >= 4 is 11.9 Å². The molecule has 0 unspecified atom stereocenters. The van der Waals surface area contributed by atoms with Gasteiger partial charge in [0.25, 0.3) is 5.91 Å². The summed E-state index contributed by atoms with van der Waals surface area (Å²) in [7, 11) is 0. The zero-order chi connectivity index (χ0) is 15.1. The number of aryl methyl sites for hydroxylation is 1. The van der Waals surface area contributed by atoms with Gasteiger partial charge in [0.15, 0.2) is 0 Å². The zero-order valence-corrected chi connectivity index (χ0v) is 12.5. The van der Waals surface area contributed by atoms with Crippen LogP contribution in [0.2, 0.25) is 0 Å². The van der Waals surface area contributed by atoms with Crippen molar-refractivity contribution in [2.24, 2.45) is 0 Å². The first-order valence-electron chi connectivity index (χ1n) is 7.51. The monoisotopic (exact) mass is 286 g/mol. The van der Waals surface area contributed by atoms with Crippen molar-refractivity contribution in [1.29, 1.82) is 0 Å². The van der Waals surface area contributed by atoms with Crippen LogP contribution in [0, 0.1) is 0 Å². The molecular weight excluding hydrogens is 264 g/mol. The first kappa shape index (κ1) is 15.2. The Morgan fingerprint density at radius 2 is 1.86 bits per heavy atom. The van der Waals surface area contributed by atoms with Gasteiger partial charge in [-0.1, -0.05) is 44.7 Å². The fraction of sp³-hybridized carbons (Fsp3) is 0.438. The molecule has 0 spiro atoms. The van der Waals surface area contributed by atoms with Crippen LogP contribution in [0.1, 0.15) is 54.9 Å². The minimum absolute atomic E-state index is 0.104. The third-order valence-corrected chi connectivity index (χ3v) is 3.49. The van der Waals surface area contributed by atoms with Crippen molar-refractivity contribution in [3.05, 3.63) is 41.7 Å². The number of nitrogens with zero attached hydrogens (tertiary/aromatic N) is 3. The number of carbonyl (C=O) groups is 1. The molecule has 0 aliphatic carbocycles. The molecule has 0 saturated carbocycles. The van der Waals surface area contributed by atoms with Crippen LogP contribution in [0.4, 0.5) is 5.95 Å². The topological polar surface area (TPSA) is 73.8 Å². The van der Waals surface area contributed by atoms with Crippen LogP contribution in [0.5, 0.6) is 0 Å². The first-order chi connectivity index (χ1) is 10.2. The maximum absolute atomic E-state index is 12.1. The van der Waals surface area contributed by atoms with Gasteiger partial charge >= 0.3 is 0 Å². The summed E-state index contributed by atoms with van der Waals surface area (Å²) in [4.78, 5) is 15.9. The van der Waals surface area contributed by atoms with E-state index in [1.807, 2.05) is 24.3 Å². The predicted molar refractivity (Wildman–Crippen MR) is 83.1 cm³/mol. The van der Waals surface area contributed by atoms with Crippen LogP contribution in [-0.4, -0.2) is 20.7 Å². The predicted octanol–water partition coefficient (Wildman–Crippen LogP) is 3.06. The number of hydrogen-bond acceptors (Lipinski definition) is 4. The quantitative estimate of drug-likeness (QED) is 0.794. The average Bonchev–Trinajstić information content (AvgIpc) is 2.93. The number of aromatic nitrogens is 3. The summed E-state index contributed by atoms with van der Waals surface area (Å²) in [5, 5.41) is 3.82. The first-order valence-corrected chi connectivity index (χ1v) is 7.51. The summed E-state index contributed by atoms with van der Waals surface area (Å²) in [6.45, 7) is 2.22. The minimum atomic E-state index is -0.214. The molecule has 1 aromatic heterocycles. The van der Waals surface area contributed by atoms with E-state index in [0.717, 1.165) is 11.1 Å². The van der Waals surface area contributed by atoms with Crippen LogP contribution >= 0.6 is 0 Å². The van der Waals surface area contributed by atoms with Gasteiger partial charge in [-0.3, -0.25) is 4.79 Å². The van der Waals surface area contributed by atoms with Gasteiger partial charge in [0.1, 0.15) is 6.33 Å². The van der Waals surface area contributed by atoms with Crippen LogP contribution in [0.15, 0.2) is 30.6 Å². The molecule has 1 heterocycles. The molecule has 5 nitrogen and oxygen atoms in total. The highest BCUT2D eigenvalue weighted by Crippen LogP contribution is 2.11. The highest BCUT2D eigenvalue weighted by Gasteiger charge is 2.10. The second-order valence-electron chi connectivity index (χ2n) is 5.21. The van der Waals surface area contributed by atoms with Gasteiger partial charge in [0, 0.05) is 5.56 Å². The van der Waals surface area contributed by atoms with Crippen molar-refractivity contribution in [3.8, 4) is 0 Å². The smallest absolute Gasteiger partial charge is 0.279 e. The second kappa shape index (κ2) is 7.57. The molecule has 21 heavy (non-hydrogen) atoms. The van der Waals surface area contributed by atoms with E-state index in [0.29, 0.717) is 5.56 Å². The summed E-state index contributed by atoms with van der Waals surface area (Å²) in [6, 6.07) is 7.68. The zero-order valence-electron chi connectivity index (χ0n) is 12.5. The summed E-state index contributed by atoms with van der Waals surface area (Å²) in [5.74, 6) is -0.110. The van der Waals surface area contributed by atoms with Gasteiger partial charge < -0.3 is 5.73 Å². The number of carbonyl (C=O) groups excluding carboxylic acids is 1. The number of hydrogen-bond donors (Lipinski definition) is 1. The van der Waals surface area contributed by atoms with E-state index in [9.17, 15) is 4.79 Å². The van der Waals surface area contributed by atoms with E-state index in [1.54, 1.807) is 0 Å². The number of benzene rings is 1. The maximum atomic E-state index is 12.1. The van der Waals surface area contributed by atoms with Crippen LogP contribution < -0.4 is 5.73 Å². The van der Waals surface area contributed by atoms with Crippen LogP contribution in [0.3, 0.4) is 0 Å². The van der Waals surface area contributed by atoms with Crippen LogP contribution in [0.25, 0.3) is 0 Å². The largest absolute Gasteiger partial charge is 0.366 e. The SMILES string of the molecule is CCCCCCCc1ccc(C(=O)n2cnc(N)n2)cc1. The van der Waals surface area contributed by atoms with E-state index >= 15 is 0 Å². The Labute approximate surface area is 125 Å². The Morgan fingerprint density at radius 3 is 2.48 bits per heavy atom. The summed E-state index contributed by atoms with van der Waals surface area (Å²) >= 11 is 0. The Balaban J connectivity index is 1.88. The van der Waals surface area contributed by atoms with Gasteiger partial charge in [0.2, 0.25) is 5.95 Å². The van der Waals surface area contributed by atoms with Crippen molar-refractivity contribution in [1.82, 2.24) is 14.8 Å². The lowest BCUT2D eigenvalue weighted by atomic mass is 10.0. The summed E-state index contributed by atoms with van der Waals surface area (Å²) in [5.41, 5.74) is 7.27. The van der Waals surface area contributed by atoms with E-state index in [1.165, 1.54) is 44.0 Å². The highest BCUT2D eigenvalue weighted by atomic mass is 16.2. The molecule has 2 aromatic rings. The molecule has 0 amide bonds. The van der Waals surface area contributed by atoms with Gasteiger partial charge in [-0.05, 0) is 30.5 Å². The molecular formula is C16H22N4O. The molecule has 0 bridgehead atoms. The molecule has 112 valence electrons. The number of nitrogen functional groups attached to an aromatic ring is 1. The van der Waals surface area contributed by atoms with Crippen LogP contribution in [-0.2, 0) is 6.42 Å². The standard InChI is InChI=1S/C16H22N4O/c1-2-3-4-5-6-7-13-8-10-14(11-9-13)15(21)20-12-18-16(17)19-20/h8-12H,2-7H2,1H3,(H2,17,19). The van der Waals surface area contributed by atoms with E-state index in [4.69, 9.17) is 5.73 Å². The fourth-order valence-electron chi connectivity index (χ4n) is 2.25. The van der Waals surface area contributed by atoms with Crippen molar-refractivity contribution in [2.75, 3.05) is 5.73 Å². The highest BCUT2D eigenvalue weighted by molar-refractivity contribution is 5.95. The Bertz CT molecular complexity index is 574. The molecule has 0 fully saturated rings. The van der Waals surface area contributed by atoms with Gasteiger partial charge in [-0.15, -0.1) is 5.10 Å². The van der Waals surface area contributed by atoms with E-state index in [-0.39, 0.29) is 11.9 Å². The van der Waals surface area contributed by atoms with Gasteiger partial charge in [-0.2, -0.15) is 4.68 Å². The number of rotatable bonds is 7. The fourth-order valence-corrected chi connectivity index (χ4v) is 2.25. The Morgan fingerprint density at radius 1 is 1.14 bits per heavy atom. The maximum Gasteiger partial charge on any atom is 0.279 e. The lowest BCUT2D eigenvalue weighted by molar-refractivity contribution is 0.0945. The number of unbranched alkanes of at least 4 members (excludes halogenated alkanes) is 4.